The monoisotopic (exact) mass is 323 g/mol. The van der Waals surface area contributed by atoms with E-state index in [1.54, 1.807) is 24.7 Å². The normalized spacial score (nSPS) is 14.2. The Bertz CT molecular complexity index is 768. The predicted molar refractivity (Wildman–Crippen MR) is 84.1 cm³/mol. The van der Waals surface area contributed by atoms with E-state index in [0.717, 1.165) is 34.8 Å². The molecule has 0 amide bonds. The second-order valence-electron chi connectivity index (χ2n) is 5.12. The molecule has 112 valence electrons. The summed E-state index contributed by atoms with van der Waals surface area (Å²) in [5.41, 5.74) is 4.74. The minimum Gasteiger partial charge on any atom is -0.384 e. The lowest BCUT2D eigenvalue weighted by Crippen LogP contribution is -2.26. The number of aromatic nitrogens is 1. The second-order valence-corrected chi connectivity index (χ2v) is 8.10. The zero-order valence-corrected chi connectivity index (χ0v) is 13.6. The maximum atomic E-state index is 12.7. The number of rotatable bonds is 4. The van der Waals surface area contributed by atoms with Gasteiger partial charge in [-0.2, -0.15) is 4.31 Å². The lowest BCUT2D eigenvalue weighted by molar-refractivity contribution is 0.468. The molecular formula is C14H17N3O2S2. The molecule has 0 bridgehead atoms. The Morgan fingerprint density at radius 1 is 1.43 bits per heavy atom. The lowest BCUT2D eigenvalue weighted by Gasteiger charge is -2.17. The van der Waals surface area contributed by atoms with Crippen LogP contribution in [0.15, 0.2) is 28.6 Å². The summed E-state index contributed by atoms with van der Waals surface area (Å²) in [5.74, 6) is 0. The summed E-state index contributed by atoms with van der Waals surface area (Å²) in [6, 6.07) is 5.30. The van der Waals surface area contributed by atoms with Crippen molar-refractivity contribution >= 4 is 27.0 Å². The van der Waals surface area contributed by atoms with Gasteiger partial charge >= 0.3 is 0 Å². The number of anilines is 1. The molecule has 1 aromatic carbocycles. The number of hydrogen-bond donors (Lipinski definition) is 1. The topological polar surface area (TPSA) is 62.3 Å². The van der Waals surface area contributed by atoms with Gasteiger partial charge in [0, 0.05) is 30.7 Å². The van der Waals surface area contributed by atoms with Crippen LogP contribution in [0.4, 0.5) is 5.69 Å². The fourth-order valence-electron chi connectivity index (χ4n) is 2.39. The summed E-state index contributed by atoms with van der Waals surface area (Å²) in [6.07, 6.45) is 0.871. The van der Waals surface area contributed by atoms with Crippen molar-refractivity contribution in [2.45, 2.75) is 24.8 Å². The third kappa shape index (κ3) is 2.68. The van der Waals surface area contributed by atoms with Gasteiger partial charge in [0.2, 0.25) is 10.0 Å². The van der Waals surface area contributed by atoms with Gasteiger partial charge in [0.25, 0.3) is 0 Å². The SMILES string of the molecule is Cc1ncsc1CN(C)S(=O)(=O)c1ccc2c(c1)CCN2. The Labute approximate surface area is 128 Å². The molecule has 3 rings (SSSR count). The van der Waals surface area contributed by atoms with E-state index in [0.29, 0.717) is 11.4 Å². The van der Waals surface area contributed by atoms with Crippen molar-refractivity contribution in [3.63, 3.8) is 0 Å². The summed E-state index contributed by atoms with van der Waals surface area (Å²) in [7, 11) is -1.86. The number of nitrogens with one attached hydrogen (secondary N) is 1. The van der Waals surface area contributed by atoms with E-state index < -0.39 is 10.0 Å². The number of thiazole rings is 1. The molecule has 0 saturated carbocycles. The molecule has 0 fully saturated rings. The Balaban J connectivity index is 1.87. The third-order valence-electron chi connectivity index (χ3n) is 3.71. The molecule has 5 nitrogen and oxygen atoms in total. The first-order chi connectivity index (χ1) is 9.98. The van der Waals surface area contributed by atoms with Gasteiger partial charge in [-0.1, -0.05) is 0 Å². The summed E-state index contributed by atoms with van der Waals surface area (Å²) in [5, 5.41) is 3.24. The molecule has 0 spiro atoms. The van der Waals surface area contributed by atoms with Crippen molar-refractivity contribution in [1.82, 2.24) is 9.29 Å². The van der Waals surface area contributed by atoms with Gasteiger partial charge in [-0.25, -0.2) is 13.4 Å². The van der Waals surface area contributed by atoms with Crippen LogP contribution in [0.2, 0.25) is 0 Å². The van der Waals surface area contributed by atoms with E-state index in [1.807, 2.05) is 13.0 Å². The zero-order valence-electron chi connectivity index (χ0n) is 12.0. The van der Waals surface area contributed by atoms with Crippen LogP contribution in [0.1, 0.15) is 16.1 Å². The molecule has 0 aliphatic carbocycles. The van der Waals surface area contributed by atoms with E-state index in [1.165, 1.54) is 15.6 Å². The number of hydrogen-bond acceptors (Lipinski definition) is 5. The molecule has 1 aromatic heterocycles. The molecule has 1 aliphatic heterocycles. The fraction of sp³-hybridized carbons (Fsp3) is 0.357. The molecule has 2 heterocycles. The maximum absolute atomic E-state index is 12.7. The van der Waals surface area contributed by atoms with Crippen LogP contribution >= 0.6 is 11.3 Å². The maximum Gasteiger partial charge on any atom is 0.243 e. The molecular weight excluding hydrogens is 306 g/mol. The Kier molecular flexibility index (Phi) is 3.73. The van der Waals surface area contributed by atoms with Crippen LogP contribution in [-0.2, 0) is 23.0 Å². The highest BCUT2D eigenvalue weighted by Gasteiger charge is 2.24. The van der Waals surface area contributed by atoms with E-state index >= 15 is 0 Å². The van der Waals surface area contributed by atoms with E-state index in [4.69, 9.17) is 0 Å². The highest BCUT2D eigenvalue weighted by atomic mass is 32.2. The summed E-state index contributed by atoms with van der Waals surface area (Å²) < 4.78 is 26.7. The van der Waals surface area contributed by atoms with Gasteiger partial charge in [0.05, 0.1) is 16.1 Å². The largest absolute Gasteiger partial charge is 0.384 e. The zero-order chi connectivity index (χ0) is 15.0. The molecule has 1 aliphatic rings. The smallest absolute Gasteiger partial charge is 0.243 e. The van der Waals surface area contributed by atoms with Crippen LogP contribution in [0.25, 0.3) is 0 Å². The first-order valence-electron chi connectivity index (χ1n) is 6.70. The van der Waals surface area contributed by atoms with Crippen LogP contribution in [0.3, 0.4) is 0 Å². The van der Waals surface area contributed by atoms with Crippen molar-refractivity contribution in [3.05, 3.63) is 39.8 Å². The van der Waals surface area contributed by atoms with E-state index in [-0.39, 0.29) is 0 Å². The minimum atomic E-state index is -3.47. The highest BCUT2D eigenvalue weighted by Crippen LogP contribution is 2.27. The Morgan fingerprint density at radius 2 is 2.24 bits per heavy atom. The van der Waals surface area contributed by atoms with Crippen molar-refractivity contribution < 1.29 is 8.42 Å². The molecule has 21 heavy (non-hydrogen) atoms. The molecule has 2 aromatic rings. The molecule has 0 unspecified atom stereocenters. The fourth-order valence-corrected chi connectivity index (χ4v) is 4.49. The van der Waals surface area contributed by atoms with Crippen LogP contribution in [-0.4, -0.2) is 31.3 Å². The molecule has 1 N–H and O–H groups in total. The third-order valence-corrected chi connectivity index (χ3v) is 6.43. The van der Waals surface area contributed by atoms with Gasteiger partial charge in [0.1, 0.15) is 0 Å². The molecule has 0 saturated heterocycles. The summed E-state index contributed by atoms with van der Waals surface area (Å²) >= 11 is 1.48. The van der Waals surface area contributed by atoms with Crippen molar-refractivity contribution in [2.75, 3.05) is 18.9 Å². The van der Waals surface area contributed by atoms with Crippen LogP contribution < -0.4 is 5.32 Å². The van der Waals surface area contributed by atoms with Crippen molar-refractivity contribution in [1.29, 1.82) is 0 Å². The van der Waals surface area contributed by atoms with Gasteiger partial charge < -0.3 is 5.32 Å². The summed E-state index contributed by atoms with van der Waals surface area (Å²) in [6.45, 7) is 3.12. The number of sulfonamides is 1. The highest BCUT2D eigenvalue weighted by molar-refractivity contribution is 7.89. The van der Waals surface area contributed by atoms with Crippen molar-refractivity contribution in [2.24, 2.45) is 0 Å². The quantitative estimate of drug-likeness (QED) is 0.937. The molecule has 0 atom stereocenters. The van der Waals surface area contributed by atoms with Gasteiger partial charge in [-0.05, 0) is 37.1 Å². The number of fused-ring (bicyclic) bond motifs is 1. The average Bonchev–Trinajstić information content (AvgIpc) is 3.07. The van der Waals surface area contributed by atoms with Gasteiger partial charge in [-0.15, -0.1) is 11.3 Å². The van der Waals surface area contributed by atoms with Gasteiger partial charge in [0.15, 0.2) is 0 Å². The average molecular weight is 323 g/mol. The second kappa shape index (κ2) is 5.40. The molecule has 7 heteroatoms. The first-order valence-corrected chi connectivity index (χ1v) is 9.02. The van der Waals surface area contributed by atoms with E-state index in [9.17, 15) is 8.42 Å². The standard InChI is InChI=1S/C14H17N3O2S2/c1-10-14(20-9-16-10)8-17(2)21(18,19)12-3-4-13-11(7-12)5-6-15-13/h3-4,7,9,15H,5-6,8H2,1-2H3. The summed E-state index contributed by atoms with van der Waals surface area (Å²) in [4.78, 5) is 5.49. The first kappa shape index (κ1) is 14.5. The number of benzene rings is 1. The predicted octanol–water partition coefficient (Wildman–Crippen LogP) is 2.24. The van der Waals surface area contributed by atoms with Gasteiger partial charge in [-0.3, -0.25) is 0 Å². The van der Waals surface area contributed by atoms with E-state index in [2.05, 4.69) is 10.3 Å². The Morgan fingerprint density at radius 3 is 2.95 bits per heavy atom. The van der Waals surface area contributed by atoms with Crippen LogP contribution in [0, 0.1) is 6.92 Å². The minimum absolute atomic E-state index is 0.355. The number of nitrogens with zero attached hydrogens (tertiary/aromatic N) is 2. The van der Waals surface area contributed by atoms with Crippen molar-refractivity contribution in [3.8, 4) is 0 Å². The Hall–Kier alpha value is -1.44. The lowest BCUT2D eigenvalue weighted by atomic mass is 10.2. The molecule has 0 radical (unpaired) electrons. The van der Waals surface area contributed by atoms with Crippen LogP contribution in [0.5, 0.6) is 0 Å². The number of aryl methyl sites for hydroxylation is 1.